The molecule has 1 nitrogen and oxygen atoms in total. The molecule has 0 aromatic heterocycles. The van der Waals surface area contributed by atoms with Crippen molar-refractivity contribution in [2.45, 2.75) is 18.9 Å². The van der Waals surface area contributed by atoms with E-state index in [-0.39, 0.29) is 5.56 Å². The summed E-state index contributed by atoms with van der Waals surface area (Å²) in [5, 5.41) is 1.97. The molecule has 0 amide bonds. The van der Waals surface area contributed by atoms with Crippen molar-refractivity contribution in [1.29, 1.82) is 0 Å². The van der Waals surface area contributed by atoms with Gasteiger partial charge in [0.15, 0.2) is 11.6 Å². The fourth-order valence-corrected chi connectivity index (χ4v) is 3.12. The van der Waals surface area contributed by atoms with E-state index in [1.165, 1.54) is 0 Å². The highest BCUT2D eigenvalue weighted by molar-refractivity contribution is 5.89. The molecule has 3 aromatic carbocycles. The smallest absolute Gasteiger partial charge is 0.161 e. The lowest BCUT2D eigenvalue weighted by molar-refractivity contribution is 0.174. The van der Waals surface area contributed by atoms with Gasteiger partial charge in [-0.3, -0.25) is 0 Å². The molecule has 0 bridgehead atoms. The SMILES string of the molecule is Fc1cc(F)c(C2CCc3ccc4ccccc4c3O2)cc1F. The Labute approximate surface area is 131 Å². The number of hydrogen-bond donors (Lipinski definition) is 0. The second-order valence-electron chi connectivity index (χ2n) is 5.71. The molecule has 4 heteroatoms. The molecule has 1 heterocycles. The monoisotopic (exact) mass is 314 g/mol. The predicted octanol–water partition coefficient (Wildman–Crippen LogP) is 5.32. The zero-order chi connectivity index (χ0) is 16.0. The summed E-state index contributed by atoms with van der Waals surface area (Å²) in [4.78, 5) is 0. The van der Waals surface area contributed by atoms with Crippen LogP contribution in [0.3, 0.4) is 0 Å². The van der Waals surface area contributed by atoms with Gasteiger partial charge in [0.1, 0.15) is 17.7 Å². The first kappa shape index (κ1) is 14.1. The summed E-state index contributed by atoms with van der Waals surface area (Å²) in [6, 6.07) is 13.3. The van der Waals surface area contributed by atoms with E-state index >= 15 is 0 Å². The first-order valence-electron chi connectivity index (χ1n) is 7.45. The number of halogens is 3. The van der Waals surface area contributed by atoms with E-state index in [0.29, 0.717) is 24.7 Å². The van der Waals surface area contributed by atoms with Crippen molar-refractivity contribution in [3.8, 4) is 5.75 Å². The number of ether oxygens (including phenoxy) is 1. The molecule has 1 aliphatic heterocycles. The normalized spacial score (nSPS) is 16.9. The van der Waals surface area contributed by atoms with Crippen LogP contribution >= 0.6 is 0 Å². The van der Waals surface area contributed by atoms with Gasteiger partial charge in [0.25, 0.3) is 0 Å². The van der Waals surface area contributed by atoms with E-state index in [1.807, 2.05) is 36.4 Å². The molecule has 1 atom stereocenters. The second kappa shape index (κ2) is 5.30. The Balaban J connectivity index is 1.79. The van der Waals surface area contributed by atoms with Gasteiger partial charge in [-0.05, 0) is 29.9 Å². The molecule has 0 radical (unpaired) electrons. The van der Waals surface area contributed by atoms with Gasteiger partial charge in [-0.2, -0.15) is 0 Å². The summed E-state index contributed by atoms with van der Waals surface area (Å²) < 4.78 is 46.6. The van der Waals surface area contributed by atoms with E-state index in [1.54, 1.807) is 0 Å². The zero-order valence-corrected chi connectivity index (χ0v) is 12.2. The van der Waals surface area contributed by atoms with Gasteiger partial charge < -0.3 is 4.74 Å². The highest BCUT2D eigenvalue weighted by atomic mass is 19.2. The molecule has 0 saturated heterocycles. The van der Waals surface area contributed by atoms with Gasteiger partial charge in [0.2, 0.25) is 0 Å². The van der Waals surface area contributed by atoms with Gasteiger partial charge in [-0.25, -0.2) is 13.2 Å². The molecular formula is C19H13F3O. The van der Waals surface area contributed by atoms with Crippen LogP contribution in [-0.2, 0) is 6.42 Å². The molecule has 0 saturated carbocycles. The standard InChI is InChI=1S/C19H13F3O/c20-15-10-17(22)16(21)9-14(15)18-8-7-12-6-5-11-3-1-2-4-13(11)19(12)23-18/h1-6,9-10,18H,7-8H2. The lowest BCUT2D eigenvalue weighted by Gasteiger charge is -2.28. The van der Waals surface area contributed by atoms with E-state index in [0.717, 1.165) is 22.4 Å². The maximum absolute atomic E-state index is 14.0. The Hall–Kier alpha value is -2.49. The summed E-state index contributed by atoms with van der Waals surface area (Å²) in [5.74, 6) is -2.33. The van der Waals surface area contributed by atoms with Crippen LogP contribution in [0.1, 0.15) is 23.7 Å². The average Bonchev–Trinajstić information content (AvgIpc) is 2.57. The molecule has 0 spiro atoms. The van der Waals surface area contributed by atoms with E-state index in [2.05, 4.69) is 0 Å². The lowest BCUT2D eigenvalue weighted by atomic mass is 9.94. The first-order valence-corrected chi connectivity index (χ1v) is 7.45. The van der Waals surface area contributed by atoms with Crippen molar-refractivity contribution in [2.75, 3.05) is 0 Å². The molecule has 3 aromatic rings. The number of hydrogen-bond acceptors (Lipinski definition) is 1. The molecule has 116 valence electrons. The van der Waals surface area contributed by atoms with Crippen LogP contribution in [0.25, 0.3) is 10.8 Å². The van der Waals surface area contributed by atoms with Crippen LogP contribution in [0.2, 0.25) is 0 Å². The van der Waals surface area contributed by atoms with E-state index in [4.69, 9.17) is 4.74 Å². The summed E-state index contributed by atoms with van der Waals surface area (Å²) in [6.45, 7) is 0. The van der Waals surface area contributed by atoms with Crippen molar-refractivity contribution in [3.63, 3.8) is 0 Å². The molecular weight excluding hydrogens is 301 g/mol. The van der Waals surface area contributed by atoms with Gasteiger partial charge >= 0.3 is 0 Å². The van der Waals surface area contributed by atoms with Crippen LogP contribution < -0.4 is 4.74 Å². The van der Waals surface area contributed by atoms with Crippen LogP contribution in [0.15, 0.2) is 48.5 Å². The Kier molecular flexibility index (Phi) is 3.26. The Morgan fingerprint density at radius 2 is 1.65 bits per heavy atom. The van der Waals surface area contributed by atoms with Crippen LogP contribution in [0, 0.1) is 17.5 Å². The average molecular weight is 314 g/mol. The molecule has 23 heavy (non-hydrogen) atoms. The third-order valence-corrected chi connectivity index (χ3v) is 4.28. The van der Waals surface area contributed by atoms with Crippen molar-refractivity contribution >= 4 is 10.8 Å². The summed E-state index contributed by atoms with van der Waals surface area (Å²) in [7, 11) is 0. The fourth-order valence-electron chi connectivity index (χ4n) is 3.12. The van der Waals surface area contributed by atoms with Crippen molar-refractivity contribution in [1.82, 2.24) is 0 Å². The van der Waals surface area contributed by atoms with E-state index < -0.39 is 23.6 Å². The van der Waals surface area contributed by atoms with Gasteiger partial charge in [-0.15, -0.1) is 0 Å². The Bertz CT molecular complexity index is 905. The summed E-state index contributed by atoms with van der Waals surface area (Å²) >= 11 is 0. The van der Waals surface area contributed by atoms with Crippen molar-refractivity contribution in [2.24, 2.45) is 0 Å². The maximum atomic E-state index is 14.0. The van der Waals surface area contributed by atoms with Gasteiger partial charge in [-0.1, -0.05) is 36.4 Å². The first-order chi connectivity index (χ1) is 11.1. The highest BCUT2D eigenvalue weighted by Gasteiger charge is 2.26. The molecule has 0 fully saturated rings. The van der Waals surface area contributed by atoms with Crippen molar-refractivity contribution < 1.29 is 17.9 Å². The highest BCUT2D eigenvalue weighted by Crippen LogP contribution is 2.40. The minimum absolute atomic E-state index is 0.0579. The molecule has 1 unspecified atom stereocenters. The third kappa shape index (κ3) is 2.34. The maximum Gasteiger partial charge on any atom is 0.161 e. The topological polar surface area (TPSA) is 9.23 Å². The minimum Gasteiger partial charge on any atom is -0.485 e. The van der Waals surface area contributed by atoms with Gasteiger partial charge in [0, 0.05) is 17.0 Å². The van der Waals surface area contributed by atoms with Crippen LogP contribution in [-0.4, -0.2) is 0 Å². The predicted molar refractivity (Wildman–Crippen MR) is 82.0 cm³/mol. The number of aryl methyl sites for hydroxylation is 1. The molecule has 0 N–H and O–H groups in total. The number of fused-ring (bicyclic) bond motifs is 3. The molecule has 0 aliphatic carbocycles. The zero-order valence-electron chi connectivity index (χ0n) is 12.2. The summed E-state index contributed by atoms with van der Waals surface area (Å²) in [5.41, 5.74) is 1.10. The van der Waals surface area contributed by atoms with Gasteiger partial charge in [0.05, 0.1) is 0 Å². The number of benzene rings is 3. The quantitative estimate of drug-likeness (QED) is 0.552. The lowest BCUT2D eigenvalue weighted by Crippen LogP contribution is -2.17. The summed E-state index contributed by atoms with van der Waals surface area (Å²) in [6.07, 6.45) is 0.597. The third-order valence-electron chi connectivity index (χ3n) is 4.28. The Morgan fingerprint density at radius 3 is 2.52 bits per heavy atom. The second-order valence-corrected chi connectivity index (χ2v) is 5.71. The molecule has 1 aliphatic rings. The van der Waals surface area contributed by atoms with Crippen LogP contribution in [0.5, 0.6) is 5.75 Å². The van der Waals surface area contributed by atoms with Crippen molar-refractivity contribution in [3.05, 3.63) is 77.1 Å². The largest absolute Gasteiger partial charge is 0.485 e. The molecule has 4 rings (SSSR count). The fraction of sp³-hybridized carbons (Fsp3) is 0.158. The number of rotatable bonds is 1. The van der Waals surface area contributed by atoms with E-state index in [9.17, 15) is 13.2 Å². The van der Waals surface area contributed by atoms with Crippen LogP contribution in [0.4, 0.5) is 13.2 Å². The Morgan fingerprint density at radius 1 is 0.870 bits per heavy atom. The minimum atomic E-state index is -1.19.